The fourth-order valence-electron chi connectivity index (χ4n) is 0.331. The molecule has 0 radical (unpaired) electrons. The predicted octanol–water partition coefficient (Wildman–Crippen LogP) is 0.868. The van der Waals surface area contributed by atoms with E-state index < -0.39 is 0 Å². The molecule has 0 heterocycles. The van der Waals surface area contributed by atoms with Gasteiger partial charge < -0.3 is 0 Å². The van der Waals surface area contributed by atoms with Crippen LogP contribution in [0.15, 0.2) is 30.6 Å². The normalized spacial score (nSPS) is 10.7. The van der Waals surface area contributed by atoms with Gasteiger partial charge in [0.25, 0.3) is 0 Å². The zero-order valence-electron chi connectivity index (χ0n) is 5.54. The largest absolute Gasteiger partial charge is 0.274 e. The summed E-state index contributed by atoms with van der Waals surface area (Å²) in [5, 5.41) is 1.32. The Bertz CT molecular complexity index is 137. The van der Waals surface area contributed by atoms with Crippen molar-refractivity contribution in [3.63, 3.8) is 0 Å². The van der Waals surface area contributed by atoms with Crippen molar-refractivity contribution in [3.05, 3.63) is 25.6 Å². The molecule has 9 heavy (non-hydrogen) atoms. The molecule has 0 bridgehead atoms. The van der Waals surface area contributed by atoms with E-state index >= 15 is 0 Å². The average Bonchev–Trinajstić information content (AvgIpc) is 1.87. The van der Waals surface area contributed by atoms with E-state index in [1.165, 1.54) is 17.4 Å². The van der Waals surface area contributed by atoms with E-state index in [-0.39, 0.29) is 0 Å². The first kappa shape index (κ1) is 7.91. The Morgan fingerprint density at radius 1 is 1.67 bits per heavy atom. The summed E-state index contributed by atoms with van der Waals surface area (Å²) in [7, 11) is 0. The number of rotatable bonds is 2. The van der Waals surface area contributed by atoms with Crippen molar-refractivity contribution in [2.45, 2.75) is 6.92 Å². The zero-order chi connectivity index (χ0) is 7.28. The van der Waals surface area contributed by atoms with Gasteiger partial charge in [-0.3, -0.25) is 5.01 Å². The van der Waals surface area contributed by atoms with Crippen LogP contribution in [0.5, 0.6) is 0 Å². The lowest BCUT2D eigenvalue weighted by atomic mass is 10.6. The van der Waals surface area contributed by atoms with Gasteiger partial charge >= 0.3 is 0 Å². The first-order chi connectivity index (χ1) is 4.22. The number of nitrogens with two attached hydrogens (primary N) is 1. The monoisotopic (exact) mass is 125 g/mol. The number of aliphatic imine (C=N–C) groups is 1. The highest BCUT2D eigenvalue weighted by Crippen LogP contribution is 1.82. The van der Waals surface area contributed by atoms with E-state index in [0.717, 1.165) is 0 Å². The highest BCUT2D eigenvalue weighted by molar-refractivity contribution is 5.80. The van der Waals surface area contributed by atoms with Crippen LogP contribution in [0.1, 0.15) is 6.92 Å². The molecule has 0 aliphatic heterocycles. The summed E-state index contributed by atoms with van der Waals surface area (Å²) >= 11 is 0. The third-order valence-electron chi connectivity index (χ3n) is 0.848. The Balaban J connectivity index is 3.99. The minimum Gasteiger partial charge on any atom is -0.274 e. The summed E-state index contributed by atoms with van der Waals surface area (Å²) in [5.74, 6) is 6.01. The van der Waals surface area contributed by atoms with Crippen LogP contribution in [-0.4, -0.2) is 10.8 Å². The summed E-state index contributed by atoms with van der Waals surface area (Å²) < 4.78 is 0. The van der Waals surface area contributed by atoms with E-state index in [1.54, 1.807) is 6.92 Å². The van der Waals surface area contributed by atoms with E-state index in [4.69, 9.17) is 5.84 Å². The van der Waals surface area contributed by atoms with Crippen molar-refractivity contribution < 1.29 is 0 Å². The lowest BCUT2D eigenvalue weighted by molar-refractivity contribution is 0.595. The topological polar surface area (TPSA) is 41.6 Å². The fraction of sp³-hybridized carbons (Fsp3) is 0.167. The van der Waals surface area contributed by atoms with Crippen molar-refractivity contribution in [1.82, 2.24) is 5.01 Å². The van der Waals surface area contributed by atoms with Crippen LogP contribution >= 0.6 is 0 Å². The highest BCUT2D eigenvalue weighted by Gasteiger charge is 1.90. The lowest BCUT2D eigenvalue weighted by Gasteiger charge is -2.09. The number of amidine groups is 1. The quantitative estimate of drug-likeness (QED) is 0.257. The van der Waals surface area contributed by atoms with E-state index in [2.05, 4.69) is 18.2 Å². The fourth-order valence-corrected chi connectivity index (χ4v) is 0.331. The standard InChI is InChI=1S/C6H11N3/c1-4-8-6(3)9(7)5-2/h4-5H,1-2,7H2,3H3. The first-order valence-electron chi connectivity index (χ1n) is 2.54. The Morgan fingerprint density at radius 3 is 2.56 bits per heavy atom. The number of hydrogen-bond acceptors (Lipinski definition) is 2. The predicted molar refractivity (Wildman–Crippen MR) is 39.5 cm³/mol. The van der Waals surface area contributed by atoms with Crippen LogP contribution in [0.3, 0.4) is 0 Å². The third kappa shape index (κ3) is 2.66. The van der Waals surface area contributed by atoms with Gasteiger partial charge in [0, 0.05) is 12.4 Å². The second-order valence-corrected chi connectivity index (χ2v) is 1.45. The zero-order valence-corrected chi connectivity index (χ0v) is 5.54. The van der Waals surface area contributed by atoms with Crippen LogP contribution in [0, 0.1) is 0 Å². The molecule has 0 unspecified atom stereocenters. The summed E-state index contributed by atoms with van der Waals surface area (Å²) in [5.41, 5.74) is 0. The molecule has 3 heteroatoms. The van der Waals surface area contributed by atoms with Gasteiger partial charge in [0.2, 0.25) is 0 Å². The Kier molecular flexibility index (Phi) is 3.39. The van der Waals surface area contributed by atoms with Gasteiger partial charge in [-0.25, -0.2) is 10.8 Å². The van der Waals surface area contributed by atoms with E-state index in [9.17, 15) is 0 Å². The Hall–Kier alpha value is -1.09. The molecule has 0 amide bonds. The first-order valence-corrected chi connectivity index (χ1v) is 2.54. The molecule has 3 nitrogen and oxygen atoms in total. The molecule has 0 aromatic carbocycles. The van der Waals surface area contributed by atoms with Gasteiger partial charge in [-0.05, 0) is 6.92 Å². The minimum absolute atomic E-state index is 0.667. The molecule has 0 atom stereocenters. The van der Waals surface area contributed by atoms with Gasteiger partial charge in [0.1, 0.15) is 5.84 Å². The molecule has 0 aromatic heterocycles. The third-order valence-corrected chi connectivity index (χ3v) is 0.848. The molecule has 0 saturated carbocycles. The summed E-state index contributed by atoms with van der Waals surface area (Å²) in [4.78, 5) is 3.81. The van der Waals surface area contributed by atoms with E-state index in [0.29, 0.717) is 5.84 Å². The Morgan fingerprint density at radius 2 is 2.22 bits per heavy atom. The van der Waals surface area contributed by atoms with Crippen LogP contribution in [0.4, 0.5) is 0 Å². The van der Waals surface area contributed by atoms with Gasteiger partial charge in [-0.2, -0.15) is 0 Å². The number of hydrazine groups is 1. The molecule has 0 spiro atoms. The Labute approximate surface area is 55.1 Å². The molecule has 0 aromatic rings. The van der Waals surface area contributed by atoms with Crippen molar-refractivity contribution in [1.29, 1.82) is 0 Å². The van der Waals surface area contributed by atoms with Crippen LogP contribution in [-0.2, 0) is 0 Å². The van der Waals surface area contributed by atoms with Gasteiger partial charge in [0.15, 0.2) is 0 Å². The molecule has 0 rings (SSSR count). The highest BCUT2D eigenvalue weighted by atomic mass is 15.4. The molecule has 0 fully saturated rings. The maximum absolute atomic E-state index is 5.34. The maximum atomic E-state index is 5.34. The molecular formula is C6H11N3. The molecule has 0 aliphatic rings. The van der Waals surface area contributed by atoms with Crippen LogP contribution < -0.4 is 5.84 Å². The van der Waals surface area contributed by atoms with E-state index in [1.807, 2.05) is 0 Å². The lowest BCUT2D eigenvalue weighted by Crippen LogP contribution is -2.29. The van der Waals surface area contributed by atoms with Crippen molar-refractivity contribution in [2.75, 3.05) is 0 Å². The van der Waals surface area contributed by atoms with Crippen molar-refractivity contribution >= 4 is 5.84 Å². The SMILES string of the molecule is C=CN=C(C)N(N)C=C. The molecular weight excluding hydrogens is 114 g/mol. The van der Waals surface area contributed by atoms with Crippen molar-refractivity contribution in [3.8, 4) is 0 Å². The van der Waals surface area contributed by atoms with Gasteiger partial charge in [-0.15, -0.1) is 0 Å². The molecule has 50 valence electrons. The maximum Gasteiger partial charge on any atom is 0.119 e. The molecule has 0 aliphatic carbocycles. The molecule has 0 saturated heterocycles. The number of nitrogens with zero attached hydrogens (tertiary/aromatic N) is 2. The summed E-state index contributed by atoms with van der Waals surface area (Å²) in [6.07, 6.45) is 2.90. The van der Waals surface area contributed by atoms with Crippen LogP contribution in [0.2, 0.25) is 0 Å². The minimum atomic E-state index is 0.667. The van der Waals surface area contributed by atoms with Gasteiger partial charge in [-0.1, -0.05) is 13.2 Å². The smallest absolute Gasteiger partial charge is 0.119 e. The second kappa shape index (κ2) is 3.86. The summed E-state index contributed by atoms with van der Waals surface area (Å²) in [6, 6.07) is 0. The second-order valence-electron chi connectivity index (χ2n) is 1.45. The molecule has 2 N–H and O–H groups in total. The average molecular weight is 125 g/mol. The summed E-state index contributed by atoms with van der Waals surface area (Å²) in [6.45, 7) is 8.63. The van der Waals surface area contributed by atoms with Crippen LogP contribution in [0.25, 0.3) is 0 Å². The number of hydrogen-bond donors (Lipinski definition) is 1. The van der Waals surface area contributed by atoms with Crippen molar-refractivity contribution in [2.24, 2.45) is 10.8 Å². The van der Waals surface area contributed by atoms with Gasteiger partial charge in [0.05, 0.1) is 0 Å².